The van der Waals surface area contributed by atoms with E-state index in [1.807, 2.05) is 6.26 Å². The summed E-state index contributed by atoms with van der Waals surface area (Å²) in [6, 6.07) is 0.591. The molecule has 5 nitrogen and oxygen atoms in total. The van der Waals surface area contributed by atoms with Gasteiger partial charge in [-0.25, -0.2) is 0 Å². The van der Waals surface area contributed by atoms with Gasteiger partial charge in [0.1, 0.15) is 5.70 Å². The molecule has 6 heteroatoms. The van der Waals surface area contributed by atoms with Gasteiger partial charge in [-0.2, -0.15) is 5.43 Å². The van der Waals surface area contributed by atoms with Crippen LogP contribution in [-0.2, 0) is 4.79 Å². The summed E-state index contributed by atoms with van der Waals surface area (Å²) in [5.41, 5.74) is 6.32. The molecule has 1 aliphatic heterocycles. The number of carbonyl (C=O) groups is 1. The fourth-order valence-electron chi connectivity index (χ4n) is 2.21. The van der Waals surface area contributed by atoms with Gasteiger partial charge in [0.05, 0.1) is 6.04 Å². The molecule has 1 atom stereocenters. The number of carbonyl (C=O) groups excluding carboxylic acids is 1. The van der Waals surface area contributed by atoms with Crippen molar-refractivity contribution in [3.63, 3.8) is 0 Å². The Morgan fingerprint density at radius 2 is 2.19 bits per heavy atom. The molecule has 0 unspecified atom stereocenters. The first kappa shape index (κ1) is 11.8. The van der Waals surface area contributed by atoms with Crippen LogP contribution in [0.4, 0.5) is 0 Å². The monoisotopic (exact) mass is 243 g/mol. The van der Waals surface area contributed by atoms with Crippen molar-refractivity contribution < 1.29 is 10.1 Å². The Balaban J connectivity index is 2.01. The van der Waals surface area contributed by atoms with Gasteiger partial charge in [-0.15, -0.1) is 0 Å². The maximum absolute atomic E-state index is 11.6. The van der Waals surface area contributed by atoms with Gasteiger partial charge in [0.15, 0.2) is 0 Å². The summed E-state index contributed by atoms with van der Waals surface area (Å²) < 4.78 is 0. The third-order valence-electron chi connectivity index (χ3n) is 3.16. The van der Waals surface area contributed by atoms with E-state index < -0.39 is 5.12 Å². The smallest absolute Gasteiger partial charge is 0.297 e. The molecular formula is C10H19N4OS+. The van der Waals surface area contributed by atoms with E-state index in [9.17, 15) is 4.79 Å². The molecule has 0 bridgehead atoms. The van der Waals surface area contributed by atoms with Crippen LogP contribution in [0.1, 0.15) is 25.7 Å². The molecule has 2 fully saturated rings. The SMILES string of the molecule is C=C1NN[C@@]([NH2+]C2CCCC2)(SC)NC1=O. The first-order valence-electron chi connectivity index (χ1n) is 5.61. The van der Waals surface area contributed by atoms with E-state index in [0.29, 0.717) is 11.7 Å². The third kappa shape index (κ3) is 2.34. The molecule has 1 saturated heterocycles. The number of amides is 1. The first-order chi connectivity index (χ1) is 7.65. The minimum Gasteiger partial charge on any atom is -0.310 e. The number of quaternary nitrogens is 1. The average Bonchev–Trinajstić information content (AvgIpc) is 2.76. The van der Waals surface area contributed by atoms with Crippen LogP contribution in [0.5, 0.6) is 0 Å². The van der Waals surface area contributed by atoms with E-state index in [1.165, 1.54) is 25.7 Å². The van der Waals surface area contributed by atoms with Crippen LogP contribution in [0.2, 0.25) is 0 Å². The zero-order valence-electron chi connectivity index (χ0n) is 9.51. The number of thioether (sulfide) groups is 1. The van der Waals surface area contributed by atoms with Crippen LogP contribution >= 0.6 is 11.8 Å². The van der Waals surface area contributed by atoms with Gasteiger partial charge >= 0.3 is 0 Å². The van der Waals surface area contributed by atoms with Gasteiger partial charge in [0, 0.05) is 0 Å². The number of hydrogen-bond acceptors (Lipinski definition) is 4. The fraction of sp³-hybridized carbons (Fsp3) is 0.700. The molecule has 16 heavy (non-hydrogen) atoms. The highest BCUT2D eigenvalue weighted by atomic mass is 32.2. The molecule has 0 aromatic heterocycles. The Labute approximate surface area is 99.8 Å². The molecule has 2 aliphatic rings. The lowest BCUT2D eigenvalue weighted by molar-refractivity contribution is -0.742. The topological polar surface area (TPSA) is 69.8 Å². The van der Waals surface area contributed by atoms with E-state index >= 15 is 0 Å². The Bertz CT molecular complexity index is 303. The number of rotatable bonds is 3. The molecule has 1 saturated carbocycles. The third-order valence-corrected chi connectivity index (χ3v) is 4.15. The molecule has 90 valence electrons. The lowest BCUT2D eigenvalue weighted by Crippen LogP contribution is -3.08. The summed E-state index contributed by atoms with van der Waals surface area (Å²) in [5.74, 6) is -0.137. The number of nitrogens with two attached hydrogens (primary N) is 1. The van der Waals surface area contributed by atoms with Crippen molar-refractivity contribution in [2.24, 2.45) is 0 Å². The van der Waals surface area contributed by atoms with Gasteiger partial charge in [-0.3, -0.25) is 15.4 Å². The number of nitrogens with one attached hydrogen (secondary N) is 3. The van der Waals surface area contributed by atoms with Crippen molar-refractivity contribution >= 4 is 17.7 Å². The molecular weight excluding hydrogens is 224 g/mol. The summed E-state index contributed by atoms with van der Waals surface area (Å²) in [5, 5.41) is 4.67. The quantitative estimate of drug-likeness (QED) is 0.387. The van der Waals surface area contributed by atoms with Crippen LogP contribution in [0, 0.1) is 0 Å². The molecule has 5 N–H and O–H groups in total. The van der Waals surface area contributed by atoms with E-state index in [4.69, 9.17) is 0 Å². The largest absolute Gasteiger partial charge is 0.310 e. The Kier molecular flexibility index (Phi) is 3.41. The zero-order valence-corrected chi connectivity index (χ0v) is 10.3. The molecule has 1 amide bonds. The van der Waals surface area contributed by atoms with Crippen molar-refractivity contribution in [3.05, 3.63) is 12.3 Å². The van der Waals surface area contributed by atoms with E-state index in [-0.39, 0.29) is 5.91 Å². The molecule has 1 heterocycles. The molecule has 0 radical (unpaired) electrons. The maximum atomic E-state index is 11.6. The minimum absolute atomic E-state index is 0.137. The van der Waals surface area contributed by atoms with Crippen molar-refractivity contribution in [2.75, 3.05) is 6.26 Å². The summed E-state index contributed by atoms with van der Waals surface area (Å²) in [7, 11) is 0. The van der Waals surface area contributed by atoms with Crippen LogP contribution in [-0.4, -0.2) is 23.3 Å². The molecule has 0 aromatic rings. The normalized spacial score (nSPS) is 31.3. The summed E-state index contributed by atoms with van der Waals surface area (Å²) >= 11 is 1.58. The molecule has 0 aromatic carbocycles. The fourth-order valence-corrected chi connectivity index (χ4v) is 2.89. The van der Waals surface area contributed by atoms with E-state index in [0.717, 1.165) is 0 Å². The lowest BCUT2D eigenvalue weighted by Gasteiger charge is -2.37. The van der Waals surface area contributed by atoms with Gasteiger partial charge in [-0.05, 0) is 31.9 Å². The predicted octanol–water partition coefficient (Wildman–Crippen LogP) is -0.796. The highest BCUT2D eigenvalue weighted by Gasteiger charge is 2.42. The first-order valence-corrected chi connectivity index (χ1v) is 6.83. The minimum atomic E-state index is -0.493. The second-order valence-corrected chi connectivity index (χ2v) is 5.39. The van der Waals surface area contributed by atoms with Crippen molar-refractivity contribution in [2.45, 2.75) is 36.8 Å². The average molecular weight is 243 g/mol. The van der Waals surface area contributed by atoms with Gasteiger partial charge in [-0.1, -0.05) is 18.3 Å². The summed E-state index contributed by atoms with van der Waals surface area (Å²) in [6.07, 6.45) is 7.01. The maximum Gasteiger partial charge on any atom is 0.297 e. The summed E-state index contributed by atoms with van der Waals surface area (Å²) in [6.45, 7) is 3.62. The van der Waals surface area contributed by atoms with Gasteiger partial charge in [0.25, 0.3) is 11.0 Å². The molecule has 0 spiro atoms. The van der Waals surface area contributed by atoms with Gasteiger partial charge in [0.2, 0.25) is 0 Å². The lowest BCUT2D eigenvalue weighted by atomic mass is 10.2. The highest BCUT2D eigenvalue weighted by molar-refractivity contribution is 7.99. The summed E-state index contributed by atoms with van der Waals surface area (Å²) in [4.78, 5) is 11.6. The number of hydrazine groups is 1. The van der Waals surface area contributed by atoms with Crippen LogP contribution < -0.4 is 21.5 Å². The predicted molar refractivity (Wildman–Crippen MR) is 64.0 cm³/mol. The Hall–Kier alpha value is -0.720. The molecule has 2 rings (SSSR count). The van der Waals surface area contributed by atoms with Gasteiger partial charge < -0.3 is 5.43 Å². The number of hydrogen-bond donors (Lipinski definition) is 4. The van der Waals surface area contributed by atoms with Crippen molar-refractivity contribution in [1.82, 2.24) is 16.2 Å². The second kappa shape index (κ2) is 4.65. The zero-order chi connectivity index (χ0) is 11.6. The van der Waals surface area contributed by atoms with Crippen LogP contribution in [0.25, 0.3) is 0 Å². The standard InChI is InChI=1S/C10H18N4OS/c1-7-9(15)12-10(16-2,14-13-7)11-8-5-3-4-6-8/h8,11,13-14H,1,3-6H2,2H3,(H,12,15)/p+1/t10-/m0/s1. The molecule has 1 aliphatic carbocycles. The van der Waals surface area contributed by atoms with E-state index in [1.54, 1.807) is 11.8 Å². The van der Waals surface area contributed by atoms with Crippen molar-refractivity contribution in [1.29, 1.82) is 0 Å². The van der Waals surface area contributed by atoms with Crippen LogP contribution in [0.3, 0.4) is 0 Å². The second-order valence-electron chi connectivity index (χ2n) is 4.33. The van der Waals surface area contributed by atoms with E-state index in [2.05, 4.69) is 28.1 Å². The highest BCUT2D eigenvalue weighted by Crippen LogP contribution is 2.17. The Morgan fingerprint density at radius 1 is 1.50 bits per heavy atom. The Morgan fingerprint density at radius 3 is 2.75 bits per heavy atom. The van der Waals surface area contributed by atoms with Crippen LogP contribution in [0.15, 0.2) is 12.3 Å². The van der Waals surface area contributed by atoms with Crippen molar-refractivity contribution in [3.8, 4) is 0 Å².